The van der Waals surface area contributed by atoms with E-state index in [4.69, 9.17) is 17.0 Å². The number of carbonyl (C=O) groups is 2. The van der Waals surface area contributed by atoms with Gasteiger partial charge in [0.2, 0.25) is 5.91 Å². The Kier molecular flexibility index (Phi) is 8.80. The maximum atomic E-state index is 12.5. The molecular weight excluding hydrogens is 398 g/mol. The lowest BCUT2D eigenvalue weighted by atomic mass is 10.1. The van der Waals surface area contributed by atoms with Crippen molar-refractivity contribution < 1.29 is 14.3 Å². The number of hydrogen-bond donors (Lipinski definition) is 2. The van der Waals surface area contributed by atoms with Crippen LogP contribution < -0.4 is 15.4 Å². The van der Waals surface area contributed by atoms with E-state index in [1.807, 2.05) is 44.2 Å². The highest BCUT2D eigenvalue weighted by Gasteiger charge is 2.10. The Morgan fingerprint density at radius 3 is 2.47 bits per heavy atom. The molecule has 30 heavy (non-hydrogen) atoms. The average molecular weight is 428 g/mol. The predicted molar refractivity (Wildman–Crippen MR) is 124 cm³/mol. The van der Waals surface area contributed by atoms with Gasteiger partial charge in [0.05, 0.1) is 6.10 Å². The van der Waals surface area contributed by atoms with Gasteiger partial charge in [0.1, 0.15) is 5.75 Å². The lowest BCUT2D eigenvalue weighted by Crippen LogP contribution is -2.34. The molecule has 0 radical (unpaired) electrons. The average Bonchev–Trinajstić information content (AvgIpc) is 2.72. The molecule has 0 aliphatic carbocycles. The molecule has 0 fully saturated rings. The number of carbonyl (C=O) groups excluding carboxylic acids is 2. The third-order valence-corrected chi connectivity index (χ3v) is 4.78. The number of hydrogen-bond acceptors (Lipinski definition) is 4. The largest absolute Gasteiger partial charge is 0.491 e. The molecule has 0 aliphatic heterocycles. The summed E-state index contributed by atoms with van der Waals surface area (Å²) in [6, 6.07) is 14.6. The summed E-state index contributed by atoms with van der Waals surface area (Å²) in [7, 11) is 3.50. The molecule has 0 heterocycles. The van der Waals surface area contributed by atoms with Gasteiger partial charge in [0.15, 0.2) is 5.11 Å². The van der Waals surface area contributed by atoms with Crippen LogP contribution in [-0.4, -0.2) is 42.0 Å². The zero-order valence-corrected chi connectivity index (χ0v) is 18.7. The summed E-state index contributed by atoms with van der Waals surface area (Å²) in [4.78, 5) is 25.8. The number of anilines is 1. The smallest absolute Gasteiger partial charge is 0.257 e. The monoisotopic (exact) mass is 427 g/mol. The first-order valence-electron chi connectivity index (χ1n) is 9.96. The summed E-state index contributed by atoms with van der Waals surface area (Å²) in [6.07, 6.45) is 2.10. The van der Waals surface area contributed by atoms with Gasteiger partial charge in [-0.3, -0.25) is 14.9 Å². The van der Waals surface area contributed by atoms with Crippen molar-refractivity contribution in [1.82, 2.24) is 10.2 Å². The molecule has 0 saturated carbocycles. The minimum absolute atomic E-state index is 0.0787. The van der Waals surface area contributed by atoms with Gasteiger partial charge in [-0.15, -0.1) is 0 Å². The molecule has 0 aliphatic rings. The van der Waals surface area contributed by atoms with Crippen LogP contribution in [0.5, 0.6) is 5.75 Å². The Hall–Kier alpha value is -2.93. The molecule has 0 saturated heterocycles. The standard InChI is InChI=1S/C23H29N3O3S/c1-5-16(2)29-20-8-6-7-18(15-20)22(28)25-23(30)24-19-12-9-17(10-13-19)11-14-21(27)26(3)4/h6-10,12-13,15-16H,5,11,14H2,1-4H3,(H2,24,25,28,30). The van der Waals surface area contributed by atoms with Crippen molar-refractivity contribution in [2.24, 2.45) is 0 Å². The summed E-state index contributed by atoms with van der Waals surface area (Å²) in [5, 5.41) is 5.90. The van der Waals surface area contributed by atoms with Crippen LogP contribution in [0.15, 0.2) is 48.5 Å². The van der Waals surface area contributed by atoms with Gasteiger partial charge in [-0.25, -0.2) is 0 Å². The van der Waals surface area contributed by atoms with Crippen LogP contribution in [0.4, 0.5) is 5.69 Å². The zero-order chi connectivity index (χ0) is 22.1. The van der Waals surface area contributed by atoms with Crippen molar-refractivity contribution in [3.63, 3.8) is 0 Å². The van der Waals surface area contributed by atoms with Crippen molar-refractivity contribution >= 4 is 34.8 Å². The van der Waals surface area contributed by atoms with Crippen molar-refractivity contribution in [1.29, 1.82) is 0 Å². The third kappa shape index (κ3) is 7.48. The first-order chi connectivity index (χ1) is 14.3. The molecular formula is C23H29N3O3S. The van der Waals surface area contributed by atoms with E-state index >= 15 is 0 Å². The Labute approximate surface area is 183 Å². The Morgan fingerprint density at radius 1 is 1.13 bits per heavy atom. The molecule has 2 N–H and O–H groups in total. The third-order valence-electron chi connectivity index (χ3n) is 4.57. The Morgan fingerprint density at radius 2 is 1.83 bits per heavy atom. The summed E-state index contributed by atoms with van der Waals surface area (Å²) in [5.41, 5.74) is 2.29. The highest BCUT2D eigenvalue weighted by Crippen LogP contribution is 2.16. The number of benzene rings is 2. The molecule has 2 aromatic carbocycles. The highest BCUT2D eigenvalue weighted by molar-refractivity contribution is 7.80. The van der Waals surface area contributed by atoms with Crippen LogP contribution >= 0.6 is 12.2 Å². The number of nitrogens with one attached hydrogen (secondary N) is 2. The van der Waals surface area contributed by atoms with Crippen molar-refractivity contribution in [2.75, 3.05) is 19.4 Å². The summed E-state index contributed by atoms with van der Waals surface area (Å²) < 4.78 is 5.76. The second-order valence-electron chi connectivity index (χ2n) is 7.26. The zero-order valence-electron chi connectivity index (χ0n) is 17.9. The van der Waals surface area contributed by atoms with Gasteiger partial charge in [-0.1, -0.05) is 25.1 Å². The van der Waals surface area contributed by atoms with Gasteiger partial charge >= 0.3 is 0 Å². The van der Waals surface area contributed by atoms with Gasteiger partial charge in [0.25, 0.3) is 5.91 Å². The summed E-state index contributed by atoms with van der Waals surface area (Å²) >= 11 is 5.26. The molecule has 0 spiro atoms. The number of nitrogens with zero attached hydrogens (tertiary/aromatic N) is 1. The number of aryl methyl sites for hydroxylation is 1. The number of rotatable bonds is 8. The molecule has 0 aromatic heterocycles. The summed E-state index contributed by atoms with van der Waals surface area (Å²) in [5.74, 6) is 0.444. The number of ether oxygens (including phenoxy) is 1. The second kappa shape index (κ2) is 11.3. The molecule has 6 nitrogen and oxygen atoms in total. The van der Waals surface area contributed by atoms with E-state index < -0.39 is 0 Å². The molecule has 2 aromatic rings. The SMILES string of the molecule is CCC(C)Oc1cccc(C(=O)NC(=S)Nc2ccc(CCC(=O)N(C)C)cc2)c1. The van der Waals surface area contributed by atoms with E-state index in [-0.39, 0.29) is 23.0 Å². The fourth-order valence-electron chi connectivity index (χ4n) is 2.59. The molecule has 2 rings (SSSR count). The fraction of sp³-hybridized carbons (Fsp3) is 0.348. The van der Waals surface area contributed by atoms with Crippen LogP contribution in [0.3, 0.4) is 0 Å². The van der Waals surface area contributed by atoms with Crippen LogP contribution in [0, 0.1) is 0 Å². The van der Waals surface area contributed by atoms with Crippen LogP contribution in [0.25, 0.3) is 0 Å². The van der Waals surface area contributed by atoms with E-state index in [9.17, 15) is 9.59 Å². The van der Waals surface area contributed by atoms with E-state index in [1.165, 1.54) is 0 Å². The topological polar surface area (TPSA) is 70.7 Å². The first kappa shape index (κ1) is 23.3. The van der Waals surface area contributed by atoms with E-state index in [0.29, 0.717) is 24.2 Å². The van der Waals surface area contributed by atoms with E-state index in [0.717, 1.165) is 17.7 Å². The van der Waals surface area contributed by atoms with Crippen LogP contribution in [-0.2, 0) is 11.2 Å². The number of thiocarbonyl (C=S) groups is 1. The fourth-order valence-corrected chi connectivity index (χ4v) is 2.80. The highest BCUT2D eigenvalue weighted by atomic mass is 32.1. The molecule has 2 amide bonds. The molecule has 1 unspecified atom stereocenters. The number of amides is 2. The van der Waals surface area contributed by atoms with E-state index in [2.05, 4.69) is 10.6 Å². The first-order valence-corrected chi connectivity index (χ1v) is 10.4. The maximum Gasteiger partial charge on any atom is 0.257 e. The van der Waals surface area contributed by atoms with Gasteiger partial charge < -0.3 is 15.0 Å². The normalized spacial score (nSPS) is 11.3. The van der Waals surface area contributed by atoms with Crippen LogP contribution in [0.1, 0.15) is 42.6 Å². The molecule has 1 atom stereocenters. The lowest BCUT2D eigenvalue weighted by Gasteiger charge is -2.14. The van der Waals surface area contributed by atoms with Gasteiger partial charge in [0, 0.05) is 31.8 Å². The van der Waals surface area contributed by atoms with E-state index in [1.54, 1.807) is 37.2 Å². The molecule has 0 bridgehead atoms. The maximum absolute atomic E-state index is 12.5. The van der Waals surface area contributed by atoms with Gasteiger partial charge in [-0.05, 0) is 67.9 Å². The molecule has 7 heteroatoms. The van der Waals surface area contributed by atoms with Crippen LogP contribution in [0.2, 0.25) is 0 Å². The second-order valence-corrected chi connectivity index (χ2v) is 7.67. The van der Waals surface area contributed by atoms with Gasteiger partial charge in [-0.2, -0.15) is 0 Å². The Bertz CT molecular complexity index is 882. The molecule has 160 valence electrons. The quantitative estimate of drug-likeness (QED) is 0.623. The minimum atomic E-state index is -0.305. The van der Waals surface area contributed by atoms with Crippen molar-refractivity contribution in [3.05, 3.63) is 59.7 Å². The lowest BCUT2D eigenvalue weighted by molar-refractivity contribution is -0.128. The Balaban J connectivity index is 1.88. The summed E-state index contributed by atoms with van der Waals surface area (Å²) in [6.45, 7) is 4.03. The predicted octanol–water partition coefficient (Wildman–Crippen LogP) is 4.01. The van der Waals surface area contributed by atoms with Crippen molar-refractivity contribution in [2.45, 2.75) is 39.2 Å². The minimum Gasteiger partial charge on any atom is -0.491 e. The van der Waals surface area contributed by atoms with Crippen molar-refractivity contribution in [3.8, 4) is 5.75 Å².